The van der Waals surface area contributed by atoms with Crippen molar-refractivity contribution in [1.82, 2.24) is 5.32 Å². The zero-order valence-electron chi connectivity index (χ0n) is 23.1. The number of carbonyl (C=O) groups excluding carboxylic acids is 2. The van der Waals surface area contributed by atoms with Crippen LogP contribution in [0, 0.1) is 40.4 Å². The Bertz CT molecular complexity index is 886. The van der Waals surface area contributed by atoms with Gasteiger partial charge < -0.3 is 10.1 Å². The third-order valence-corrected chi connectivity index (χ3v) is 11.0. The van der Waals surface area contributed by atoms with Gasteiger partial charge in [0.25, 0.3) is 0 Å². The Balaban J connectivity index is 1.39. The first kappa shape index (κ1) is 28.5. The van der Waals surface area contributed by atoms with Crippen molar-refractivity contribution in [3.05, 3.63) is 11.6 Å². The lowest BCUT2D eigenvalue weighted by molar-refractivity contribution is -0.206. The van der Waals surface area contributed by atoms with E-state index < -0.39 is 18.2 Å². The number of rotatable bonds is 8. The van der Waals surface area contributed by atoms with Crippen LogP contribution in [0.15, 0.2) is 11.6 Å². The van der Waals surface area contributed by atoms with E-state index in [1.807, 2.05) is 0 Å². The molecule has 0 aromatic rings. The maximum atomic E-state index is 12.7. The van der Waals surface area contributed by atoms with Crippen LogP contribution in [0.3, 0.4) is 0 Å². The number of fused-ring (bicyclic) bond motifs is 5. The van der Waals surface area contributed by atoms with Crippen molar-refractivity contribution in [1.29, 1.82) is 0 Å². The Labute approximate surface area is 220 Å². The molecule has 4 rings (SSSR count). The van der Waals surface area contributed by atoms with E-state index in [1.54, 1.807) is 0 Å². The summed E-state index contributed by atoms with van der Waals surface area (Å²) >= 11 is 0. The molecule has 4 nitrogen and oxygen atoms in total. The first-order chi connectivity index (χ1) is 17.4. The van der Waals surface area contributed by atoms with Crippen molar-refractivity contribution in [2.45, 2.75) is 117 Å². The normalized spacial score (nSPS) is 38.0. The number of carbonyl (C=O) groups is 2. The largest absolute Gasteiger partial charge is 0.490 e. The summed E-state index contributed by atoms with van der Waals surface area (Å²) in [5.41, 5.74) is 1.49. The monoisotopic (exact) mass is 525 g/mol. The van der Waals surface area contributed by atoms with E-state index in [2.05, 4.69) is 39.1 Å². The Morgan fingerprint density at radius 1 is 1.14 bits per heavy atom. The fourth-order valence-electron chi connectivity index (χ4n) is 8.97. The SMILES string of the molecule is CCCCNC(=O)CC[C@@H](C)[C@H]1CC[C@H]2[C@@H]3CC=C4C[C@@H](OC(=O)C(F)(F)F)CC[C@]4(C)[C@H]3CC[C@]12C. The first-order valence-electron chi connectivity index (χ1n) is 14.6. The summed E-state index contributed by atoms with van der Waals surface area (Å²) in [4.78, 5) is 23.7. The van der Waals surface area contributed by atoms with Crippen LogP contribution in [0.2, 0.25) is 0 Å². The molecule has 3 fully saturated rings. The molecule has 0 bridgehead atoms. The minimum atomic E-state index is -4.93. The van der Waals surface area contributed by atoms with Crippen molar-refractivity contribution in [3.8, 4) is 0 Å². The molecule has 0 unspecified atom stereocenters. The molecule has 37 heavy (non-hydrogen) atoms. The number of nitrogens with one attached hydrogen (secondary N) is 1. The van der Waals surface area contributed by atoms with E-state index in [4.69, 9.17) is 4.74 Å². The highest BCUT2D eigenvalue weighted by atomic mass is 19.4. The van der Waals surface area contributed by atoms with E-state index in [1.165, 1.54) is 24.8 Å². The molecule has 0 radical (unpaired) electrons. The fraction of sp³-hybridized carbons (Fsp3) is 0.867. The molecule has 0 aromatic carbocycles. The fourth-order valence-corrected chi connectivity index (χ4v) is 8.97. The topological polar surface area (TPSA) is 55.4 Å². The van der Waals surface area contributed by atoms with Gasteiger partial charge in [-0.25, -0.2) is 4.79 Å². The molecule has 7 heteroatoms. The van der Waals surface area contributed by atoms with Crippen molar-refractivity contribution in [2.75, 3.05) is 6.54 Å². The number of hydrogen-bond acceptors (Lipinski definition) is 3. The molecule has 0 heterocycles. The van der Waals surface area contributed by atoms with Gasteiger partial charge in [-0.2, -0.15) is 13.2 Å². The highest BCUT2D eigenvalue weighted by Gasteiger charge is 2.59. The second-order valence-electron chi connectivity index (χ2n) is 13.0. The highest BCUT2D eigenvalue weighted by Crippen LogP contribution is 2.67. The molecule has 4 aliphatic carbocycles. The molecule has 3 saturated carbocycles. The van der Waals surface area contributed by atoms with Gasteiger partial charge >= 0.3 is 12.1 Å². The summed E-state index contributed by atoms with van der Waals surface area (Å²) in [5.74, 6) is 1.09. The third kappa shape index (κ3) is 5.61. The number of ether oxygens (including phenoxy) is 1. The predicted molar refractivity (Wildman–Crippen MR) is 137 cm³/mol. The number of halogens is 3. The molecule has 210 valence electrons. The van der Waals surface area contributed by atoms with E-state index in [-0.39, 0.29) is 11.3 Å². The van der Waals surface area contributed by atoms with Crippen molar-refractivity contribution in [2.24, 2.45) is 40.4 Å². The van der Waals surface area contributed by atoms with Crippen LogP contribution >= 0.6 is 0 Å². The van der Waals surface area contributed by atoms with Crippen LogP contribution in [0.4, 0.5) is 13.2 Å². The van der Waals surface area contributed by atoms with Gasteiger partial charge in [0.15, 0.2) is 0 Å². The zero-order chi connectivity index (χ0) is 27.0. The molecule has 8 atom stereocenters. The maximum Gasteiger partial charge on any atom is 0.490 e. The van der Waals surface area contributed by atoms with Crippen LogP contribution in [0.25, 0.3) is 0 Å². The van der Waals surface area contributed by atoms with Gasteiger partial charge in [0.2, 0.25) is 5.91 Å². The number of allylic oxidation sites excluding steroid dienone is 1. The molecular weight excluding hydrogens is 479 g/mol. The summed E-state index contributed by atoms with van der Waals surface area (Å²) in [7, 11) is 0. The van der Waals surface area contributed by atoms with E-state index in [9.17, 15) is 22.8 Å². The molecule has 0 aliphatic heterocycles. The second kappa shape index (κ2) is 10.9. The van der Waals surface area contributed by atoms with Gasteiger partial charge in [0, 0.05) is 19.4 Å². The van der Waals surface area contributed by atoms with Crippen LogP contribution in [-0.4, -0.2) is 30.7 Å². The van der Waals surface area contributed by atoms with Crippen molar-refractivity contribution < 1.29 is 27.5 Å². The lowest BCUT2D eigenvalue weighted by Crippen LogP contribution is -2.51. The Morgan fingerprint density at radius 2 is 1.89 bits per heavy atom. The summed E-state index contributed by atoms with van der Waals surface area (Å²) in [6.07, 6.45) is 7.85. The van der Waals surface area contributed by atoms with Crippen LogP contribution in [0.5, 0.6) is 0 Å². The standard InChI is InChI=1S/C30H46F3NO3/c1-5-6-17-34-26(35)12-7-19(2)23-10-11-24-22-9-8-20-18-21(37-27(36)30(31,32)33)13-15-28(20,3)25(22)14-16-29(23,24)4/h8,19,21-25H,5-7,9-18H2,1-4H3,(H,34,35)/t19-,21+,22+,23-,24+,25+,28+,29-/m1/s1. The van der Waals surface area contributed by atoms with Crippen LogP contribution < -0.4 is 5.32 Å². The summed E-state index contributed by atoms with van der Waals surface area (Å²) < 4.78 is 43.0. The third-order valence-electron chi connectivity index (χ3n) is 11.0. The first-order valence-corrected chi connectivity index (χ1v) is 14.6. The van der Waals surface area contributed by atoms with Gasteiger partial charge in [0.1, 0.15) is 6.10 Å². The number of alkyl halides is 3. The maximum absolute atomic E-state index is 12.7. The number of amides is 1. The number of hydrogen-bond donors (Lipinski definition) is 1. The van der Waals surface area contributed by atoms with Crippen molar-refractivity contribution >= 4 is 11.9 Å². The van der Waals surface area contributed by atoms with Crippen LogP contribution in [-0.2, 0) is 14.3 Å². The number of unbranched alkanes of at least 4 members (excludes halogenated alkanes) is 1. The molecule has 1 N–H and O–H groups in total. The van der Waals surface area contributed by atoms with Gasteiger partial charge in [0.05, 0.1) is 0 Å². The molecule has 1 amide bonds. The van der Waals surface area contributed by atoms with E-state index in [0.717, 1.165) is 45.1 Å². The Kier molecular flexibility index (Phi) is 8.40. The molecular formula is C30H46F3NO3. The van der Waals surface area contributed by atoms with Crippen molar-refractivity contribution in [3.63, 3.8) is 0 Å². The molecule has 4 aliphatic rings. The van der Waals surface area contributed by atoms with E-state index >= 15 is 0 Å². The van der Waals surface area contributed by atoms with Gasteiger partial charge in [-0.3, -0.25) is 4.79 Å². The number of esters is 1. The Hall–Kier alpha value is -1.53. The average Bonchev–Trinajstić information content (AvgIpc) is 3.19. The Morgan fingerprint density at radius 3 is 2.59 bits per heavy atom. The smallest absolute Gasteiger partial charge is 0.455 e. The lowest BCUT2D eigenvalue weighted by atomic mass is 9.47. The summed E-state index contributed by atoms with van der Waals surface area (Å²) in [5, 5.41) is 3.06. The van der Waals surface area contributed by atoms with Gasteiger partial charge in [-0.15, -0.1) is 0 Å². The summed E-state index contributed by atoms with van der Waals surface area (Å²) in [6.45, 7) is 10.1. The average molecular weight is 526 g/mol. The van der Waals surface area contributed by atoms with Crippen LogP contribution in [0.1, 0.15) is 105 Å². The van der Waals surface area contributed by atoms with Gasteiger partial charge in [-0.1, -0.05) is 45.8 Å². The second-order valence-corrected chi connectivity index (χ2v) is 13.0. The quantitative estimate of drug-likeness (QED) is 0.204. The molecule has 0 aromatic heterocycles. The molecule has 0 spiro atoms. The highest BCUT2D eigenvalue weighted by molar-refractivity contribution is 5.76. The minimum Gasteiger partial charge on any atom is -0.455 e. The lowest BCUT2D eigenvalue weighted by Gasteiger charge is -2.58. The van der Waals surface area contributed by atoms with Gasteiger partial charge in [-0.05, 0) is 98.2 Å². The predicted octanol–water partition coefficient (Wildman–Crippen LogP) is 7.37. The van der Waals surface area contributed by atoms with E-state index in [0.29, 0.717) is 54.3 Å². The zero-order valence-corrected chi connectivity index (χ0v) is 23.1. The molecule has 0 saturated heterocycles. The summed E-state index contributed by atoms with van der Waals surface area (Å²) in [6, 6.07) is 0. The minimum absolute atomic E-state index is 0.00827.